The quantitative estimate of drug-likeness (QED) is 0.219. The minimum atomic E-state index is -0.364. The van der Waals surface area contributed by atoms with Gasteiger partial charge in [-0.1, -0.05) is 24.3 Å². The molecule has 0 saturated heterocycles. The Morgan fingerprint density at radius 3 is 2.19 bits per heavy atom. The Hall–Kier alpha value is -2.17. The van der Waals surface area contributed by atoms with E-state index >= 15 is 0 Å². The molecule has 0 spiro atoms. The topological polar surface area (TPSA) is 179 Å². The van der Waals surface area contributed by atoms with Crippen LogP contribution in [-0.2, 0) is 17.8 Å². The van der Waals surface area contributed by atoms with Crippen LogP contribution in [0.2, 0.25) is 0 Å². The first-order valence-electron chi connectivity index (χ1n) is 8.29. The maximum atomic E-state index is 12.0. The highest BCUT2D eigenvalue weighted by molar-refractivity contribution is 8.26. The van der Waals surface area contributed by atoms with Crippen LogP contribution in [0.15, 0.2) is 29.3 Å². The molecule has 8 nitrogen and oxygen atoms in total. The third-order valence-electron chi connectivity index (χ3n) is 3.34. The molecule has 0 fully saturated rings. The number of amidine groups is 2. The number of unbranched alkanes of at least 4 members (excludes halogenated alkanes) is 1. The first kappa shape index (κ1) is 22.9. The van der Waals surface area contributed by atoms with Crippen LogP contribution in [0.1, 0.15) is 36.8 Å². The number of carbonyl (C=O) groups excluding carboxylic acids is 1. The molecule has 27 heavy (non-hydrogen) atoms. The molecule has 0 radical (unpaired) electrons. The Balaban J connectivity index is 2.35. The van der Waals surface area contributed by atoms with Crippen molar-refractivity contribution < 1.29 is 4.79 Å². The number of nitrogens with two attached hydrogens (primary N) is 3. The Labute approximate surface area is 167 Å². The normalized spacial score (nSPS) is 11.2. The smallest absolute Gasteiger partial charge is 0.252 e. The summed E-state index contributed by atoms with van der Waals surface area (Å²) in [5.74, 6) is -0.364. The molecular weight excluding hydrogens is 382 g/mol. The fourth-order valence-corrected chi connectivity index (χ4v) is 3.32. The molecule has 10 heteroatoms. The summed E-state index contributed by atoms with van der Waals surface area (Å²) in [4.78, 5) is 15.8. The molecule has 0 heterocycles. The van der Waals surface area contributed by atoms with Crippen molar-refractivity contribution in [2.45, 2.75) is 38.6 Å². The summed E-state index contributed by atoms with van der Waals surface area (Å²) in [6.45, 7) is 0.410. The molecule has 0 unspecified atom stereocenters. The van der Waals surface area contributed by atoms with E-state index < -0.39 is 0 Å². The predicted molar refractivity (Wildman–Crippen MR) is 116 cm³/mol. The van der Waals surface area contributed by atoms with Crippen molar-refractivity contribution in [1.29, 1.82) is 16.2 Å². The number of hydrogen-bond donors (Lipinski definition) is 6. The van der Waals surface area contributed by atoms with Gasteiger partial charge in [0.15, 0.2) is 10.3 Å². The molecule has 0 aromatic heterocycles. The monoisotopic (exact) mass is 407 g/mol. The summed E-state index contributed by atoms with van der Waals surface area (Å²) in [6, 6.07) is 7.43. The van der Waals surface area contributed by atoms with E-state index in [4.69, 9.17) is 33.4 Å². The van der Waals surface area contributed by atoms with Gasteiger partial charge in [0, 0.05) is 6.54 Å². The molecule has 0 aliphatic heterocycles. The van der Waals surface area contributed by atoms with Crippen LogP contribution in [0, 0.1) is 16.2 Å². The van der Waals surface area contributed by atoms with Gasteiger partial charge in [-0.05, 0) is 60.3 Å². The molecule has 9 N–H and O–H groups in total. The van der Waals surface area contributed by atoms with Crippen LogP contribution in [0.25, 0.3) is 0 Å². The first-order chi connectivity index (χ1) is 12.8. The van der Waals surface area contributed by atoms with Crippen LogP contribution in [0.5, 0.6) is 0 Å². The Kier molecular flexibility index (Phi) is 10.4. The summed E-state index contributed by atoms with van der Waals surface area (Å²) in [7, 11) is 0. The zero-order valence-corrected chi connectivity index (χ0v) is 16.6. The van der Waals surface area contributed by atoms with Gasteiger partial charge in [0.05, 0.1) is 16.5 Å². The van der Waals surface area contributed by atoms with Crippen LogP contribution >= 0.6 is 23.5 Å². The zero-order valence-electron chi connectivity index (χ0n) is 15.0. The van der Waals surface area contributed by atoms with Crippen molar-refractivity contribution in [2.75, 3.05) is 0 Å². The number of hydrogen-bond acceptors (Lipinski definition) is 7. The molecular formula is C17H25N7OS2. The van der Waals surface area contributed by atoms with Gasteiger partial charge in [-0.3, -0.25) is 21.0 Å². The number of aliphatic imine (C=N–C) groups is 1. The van der Waals surface area contributed by atoms with Gasteiger partial charge in [-0.15, -0.1) is 0 Å². The van der Waals surface area contributed by atoms with Crippen molar-refractivity contribution >= 4 is 49.9 Å². The molecule has 1 rings (SSSR count). The average molecular weight is 408 g/mol. The van der Waals surface area contributed by atoms with Gasteiger partial charge in [0.2, 0.25) is 0 Å². The second-order valence-electron chi connectivity index (χ2n) is 5.67. The van der Waals surface area contributed by atoms with Gasteiger partial charge in [-0.2, -0.15) is 4.99 Å². The second kappa shape index (κ2) is 12.3. The predicted octanol–water partition coefficient (Wildman–Crippen LogP) is 2.40. The van der Waals surface area contributed by atoms with E-state index in [9.17, 15) is 4.79 Å². The highest BCUT2D eigenvalue weighted by atomic mass is 32.2. The largest absolute Gasteiger partial charge is 0.378 e. The molecule has 0 saturated carbocycles. The van der Waals surface area contributed by atoms with Gasteiger partial charge < -0.3 is 17.2 Å². The SMILES string of the molecule is N=C(N)SC(=N)CCCCC(=N)SC(N)=NC(=O)Cc1cccc(CN)c1. The number of carbonyl (C=O) groups is 1. The van der Waals surface area contributed by atoms with Crippen molar-refractivity contribution in [3.05, 3.63) is 35.4 Å². The fourth-order valence-electron chi connectivity index (χ4n) is 2.16. The maximum Gasteiger partial charge on any atom is 0.252 e. The fraction of sp³-hybridized carbons (Fsp3) is 0.353. The Bertz CT molecular complexity index is 734. The van der Waals surface area contributed by atoms with Crippen molar-refractivity contribution in [2.24, 2.45) is 22.2 Å². The van der Waals surface area contributed by atoms with Crippen molar-refractivity contribution in [3.63, 3.8) is 0 Å². The lowest BCUT2D eigenvalue weighted by atomic mass is 10.1. The molecule has 0 bridgehead atoms. The summed E-state index contributed by atoms with van der Waals surface area (Å²) >= 11 is 1.91. The van der Waals surface area contributed by atoms with Gasteiger partial charge in [-0.25, -0.2) is 0 Å². The van der Waals surface area contributed by atoms with E-state index in [-0.39, 0.29) is 22.7 Å². The highest BCUT2D eigenvalue weighted by Gasteiger charge is 2.08. The van der Waals surface area contributed by atoms with Crippen LogP contribution in [0.3, 0.4) is 0 Å². The lowest BCUT2D eigenvalue weighted by molar-refractivity contribution is -0.117. The number of thioether (sulfide) groups is 2. The Morgan fingerprint density at radius 2 is 1.59 bits per heavy atom. The van der Waals surface area contributed by atoms with E-state index in [1.807, 2.05) is 24.3 Å². The highest BCUT2D eigenvalue weighted by Crippen LogP contribution is 2.14. The standard InChI is InChI=1S/C17H25N7OS2/c18-10-12-5-3-4-11(8-12)9-15(25)24-17(23)27-14(20)7-2-1-6-13(19)26-16(21)22/h3-5,8,19-20H,1-2,6-7,9-10,18H2,(H3,21,22)(H2,23,24,25). The molecule has 1 aromatic carbocycles. The molecule has 1 amide bonds. The average Bonchev–Trinajstić information content (AvgIpc) is 2.58. The third kappa shape index (κ3) is 10.5. The number of nitrogens with zero attached hydrogens (tertiary/aromatic N) is 1. The van der Waals surface area contributed by atoms with E-state index in [0.29, 0.717) is 35.9 Å². The minimum Gasteiger partial charge on any atom is -0.378 e. The van der Waals surface area contributed by atoms with E-state index in [2.05, 4.69) is 4.99 Å². The van der Waals surface area contributed by atoms with Crippen molar-refractivity contribution in [1.82, 2.24) is 0 Å². The van der Waals surface area contributed by atoms with E-state index in [0.717, 1.165) is 41.1 Å². The number of benzene rings is 1. The number of rotatable bonds is 8. The first-order valence-corrected chi connectivity index (χ1v) is 9.93. The van der Waals surface area contributed by atoms with Gasteiger partial charge in [0.25, 0.3) is 5.91 Å². The van der Waals surface area contributed by atoms with Crippen LogP contribution in [0.4, 0.5) is 0 Å². The third-order valence-corrected chi connectivity index (χ3v) is 4.76. The minimum absolute atomic E-state index is 0.0554. The second-order valence-corrected chi connectivity index (χ2v) is 7.92. The number of amides is 1. The molecule has 146 valence electrons. The summed E-state index contributed by atoms with van der Waals surface area (Å²) in [5, 5.41) is 23.2. The van der Waals surface area contributed by atoms with Crippen molar-refractivity contribution in [3.8, 4) is 0 Å². The van der Waals surface area contributed by atoms with Gasteiger partial charge >= 0.3 is 0 Å². The Morgan fingerprint density at radius 1 is 1.00 bits per heavy atom. The zero-order chi connectivity index (χ0) is 20.2. The van der Waals surface area contributed by atoms with Gasteiger partial charge in [0.1, 0.15) is 0 Å². The molecule has 0 aliphatic carbocycles. The molecule has 0 aliphatic rings. The van der Waals surface area contributed by atoms with Crippen LogP contribution in [-0.4, -0.2) is 26.3 Å². The lowest BCUT2D eigenvalue weighted by Gasteiger charge is -2.05. The summed E-state index contributed by atoms with van der Waals surface area (Å²) in [6.07, 6.45) is 2.57. The number of nitrogens with one attached hydrogen (secondary N) is 3. The van der Waals surface area contributed by atoms with E-state index in [1.54, 1.807) is 0 Å². The summed E-state index contributed by atoms with van der Waals surface area (Å²) < 4.78 is 0. The van der Waals surface area contributed by atoms with E-state index in [1.165, 1.54) is 0 Å². The summed E-state index contributed by atoms with van der Waals surface area (Å²) in [5.41, 5.74) is 18.3. The lowest BCUT2D eigenvalue weighted by Crippen LogP contribution is -2.14. The maximum absolute atomic E-state index is 12.0. The van der Waals surface area contributed by atoms with Crippen LogP contribution < -0.4 is 17.2 Å². The molecule has 0 atom stereocenters. The molecule has 1 aromatic rings.